The van der Waals surface area contributed by atoms with Gasteiger partial charge < -0.3 is 20.1 Å². The monoisotopic (exact) mass is 320 g/mol. The SMILES string of the molecule is COC(=O)C[C@]1(NC(=O)OC(C)(C)C)C(=O)Nc2ccccc21. The van der Waals surface area contributed by atoms with Crippen molar-refractivity contribution in [3.8, 4) is 0 Å². The van der Waals surface area contributed by atoms with E-state index in [0.717, 1.165) is 0 Å². The number of carbonyl (C=O) groups excluding carboxylic acids is 3. The van der Waals surface area contributed by atoms with Gasteiger partial charge in [0.15, 0.2) is 5.54 Å². The van der Waals surface area contributed by atoms with Crippen molar-refractivity contribution in [3.05, 3.63) is 29.8 Å². The Balaban J connectivity index is 2.40. The van der Waals surface area contributed by atoms with Crippen LogP contribution in [0.15, 0.2) is 24.3 Å². The van der Waals surface area contributed by atoms with Crippen molar-refractivity contribution in [2.75, 3.05) is 12.4 Å². The molecule has 1 atom stereocenters. The molecule has 0 unspecified atom stereocenters. The molecule has 7 heteroatoms. The van der Waals surface area contributed by atoms with E-state index in [-0.39, 0.29) is 6.42 Å². The van der Waals surface area contributed by atoms with E-state index in [1.165, 1.54) is 7.11 Å². The van der Waals surface area contributed by atoms with E-state index < -0.39 is 29.1 Å². The van der Waals surface area contributed by atoms with Crippen LogP contribution >= 0.6 is 0 Å². The molecule has 0 aromatic heterocycles. The van der Waals surface area contributed by atoms with Crippen molar-refractivity contribution in [3.63, 3.8) is 0 Å². The highest BCUT2D eigenvalue weighted by Crippen LogP contribution is 2.38. The topological polar surface area (TPSA) is 93.7 Å². The van der Waals surface area contributed by atoms with Crippen LogP contribution < -0.4 is 10.6 Å². The molecule has 23 heavy (non-hydrogen) atoms. The van der Waals surface area contributed by atoms with Crippen LogP contribution in [0.4, 0.5) is 10.5 Å². The van der Waals surface area contributed by atoms with E-state index in [1.54, 1.807) is 45.0 Å². The number of esters is 1. The Hall–Kier alpha value is -2.57. The normalized spacial score (nSPS) is 19.6. The van der Waals surface area contributed by atoms with Crippen LogP contribution in [0, 0.1) is 0 Å². The lowest BCUT2D eigenvalue weighted by Crippen LogP contribution is -2.53. The molecule has 0 aliphatic carbocycles. The zero-order valence-corrected chi connectivity index (χ0v) is 13.6. The molecule has 0 radical (unpaired) electrons. The smallest absolute Gasteiger partial charge is 0.408 e. The fraction of sp³-hybridized carbons (Fsp3) is 0.438. The van der Waals surface area contributed by atoms with Crippen molar-refractivity contribution in [1.82, 2.24) is 5.32 Å². The van der Waals surface area contributed by atoms with Crippen LogP contribution in [-0.4, -0.2) is 30.7 Å². The van der Waals surface area contributed by atoms with E-state index in [4.69, 9.17) is 4.74 Å². The van der Waals surface area contributed by atoms with Crippen LogP contribution in [0.2, 0.25) is 0 Å². The quantitative estimate of drug-likeness (QED) is 0.830. The highest BCUT2D eigenvalue weighted by atomic mass is 16.6. The number of ether oxygens (including phenoxy) is 2. The van der Waals surface area contributed by atoms with E-state index >= 15 is 0 Å². The Morgan fingerprint density at radius 3 is 2.52 bits per heavy atom. The summed E-state index contributed by atoms with van der Waals surface area (Å²) < 4.78 is 9.89. The molecule has 0 bridgehead atoms. The first kappa shape index (κ1) is 16.8. The zero-order chi connectivity index (χ0) is 17.3. The molecular weight excluding hydrogens is 300 g/mol. The van der Waals surface area contributed by atoms with Crippen molar-refractivity contribution in [1.29, 1.82) is 0 Å². The summed E-state index contributed by atoms with van der Waals surface area (Å²) in [7, 11) is 1.22. The summed E-state index contributed by atoms with van der Waals surface area (Å²) in [6.07, 6.45) is -1.11. The third kappa shape index (κ3) is 3.44. The number of fused-ring (bicyclic) bond motifs is 1. The first-order valence-electron chi connectivity index (χ1n) is 7.17. The van der Waals surface area contributed by atoms with Gasteiger partial charge in [-0.3, -0.25) is 9.59 Å². The number of hydrogen-bond donors (Lipinski definition) is 2. The Labute approximate surface area is 134 Å². The standard InChI is InChI=1S/C16H20N2O5/c1-15(2,3)23-14(21)18-16(9-12(19)22-4)10-7-5-6-8-11(10)17-13(16)20/h5-8H,9H2,1-4H3,(H,17,20)(H,18,21)/t16-/m1/s1. The summed E-state index contributed by atoms with van der Waals surface area (Å²) in [5.41, 5.74) is -1.24. The number of hydrogen-bond acceptors (Lipinski definition) is 5. The molecule has 1 heterocycles. The number of alkyl carbamates (subject to hydrolysis) is 1. The predicted octanol–water partition coefficient (Wildman–Crippen LogP) is 1.92. The zero-order valence-electron chi connectivity index (χ0n) is 13.6. The van der Waals surface area contributed by atoms with E-state index in [2.05, 4.69) is 15.4 Å². The number of rotatable bonds is 3. The molecule has 7 nitrogen and oxygen atoms in total. The van der Waals surface area contributed by atoms with Crippen LogP contribution in [-0.2, 0) is 24.6 Å². The maximum Gasteiger partial charge on any atom is 0.408 e. The van der Waals surface area contributed by atoms with Crippen LogP contribution in [0.25, 0.3) is 0 Å². The van der Waals surface area contributed by atoms with Crippen LogP contribution in [0.5, 0.6) is 0 Å². The van der Waals surface area contributed by atoms with Gasteiger partial charge in [-0.2, -0.15) is 0 Å². The average molecular weight is 320 g/mol. The highest BCUT2D eigenvalue weighted by molar-refractivity contribution is 6.09. The fourth-order valence-corrected chi connectivity index (χ4v) is 2.43. The summed E-state index contributed by atoms with van der Waals surface area (Å²) in [6.45, 7) is 5.13. The number of para-hydroxylation sites is 1. The summed E-state index contributed by atoms with van der Waals surface area (Å²) in [6, 6.07) is 6.85. The molecule has 124 valence electrons. The second kappa shape index (κ2) is 5.91. The molecule has 0 spiro atoms. The lowest BCUT2D eigenvalue weighted by molar-refractivity contribution is -0.144. The molecule has 1 aromatic rings. The molecule has 2 N–H and O–H groups in total. The maximum atomic E-state index is 12.5. The van der Waals surface area contributed by atoms with Crippen LogP contribution in [0.3, 0.4) is 0 Å². The number of methoxy groups -OCH3 is 1. The van der Waals surface area contributed by atoms with Gasteiger partial charge >= 0.3 is 12.1 Å². The molecule has 1 aliphatic rings. The number of nitrogens with one attached hydrogen (secondary N) is 2. The van der Waals surface area contributed by atoms with Gasteiger partial charge in [0.25, 0.3) is 5.91 Å². The fourth-order valence-electron chi connectivity index (χ4n) is 2.43. The minimum absolute atomic E-state index is 0.328. The molecule has 1 aliphatic heterocycles. The van der Waals surface area contributed by atoms with Gasteiger partial charge in [-0.05, 0) is 26.8 Å². The number of amides is 2. The Bertz CT molecular complexity index is 650. The lowest BCUT2D eigenvalue weighted by Gasteiger charge is -2.29. The number of anilines is 1. The molecule has 2 amide bonds. The lowest BCUT2D eigenvalue weighted by atomic mass is 9.88. The molecule has 0 saturated heterocycles. The summed E-state index contributed by atoms with van der Waals surface area (Å²) in [5.74, 6) is -1.12. The van der Waals surface area contributed by atoms with Gasteiger partial charge in [0, 0.05) is 11.3 Å². The predicted molar refractivity (Wildman–Crippen MR) is 82.8 cm³/mol. The Kier molecular flexibility index (Phi) is 4.31. The van der Waals surface area contributed by atoms with E-state index in [1.807, 2.05) is 0 Å². The molecule has 0 fully saturated rings. The van der Waals surface area contributed by atoms with Crippen molar-refractivity contribution < 1.29 is 23.9 Å². The summed E-state index contributed by atoms with van der Waals surface area (Å²) >= 11 is 0. The van der Waals surface area contributed by atoms with Gasteiger partial charge in [0.1, 0.15) is 5.60 Å². The van der Waals surface area contributed by atoms with Gasteiger partial charge in [0.05, 0.1) is 13.5 Å². The minimum Gasteiger partial charge on any atom is -0.469 e. The van der Waals surface area contributed by atoms with Crippen LogP contribution in [0.1, 0.15) is 32.8 Å². The van der Waals surface area contributed by atoms with Crippen molar-refractivity contribution in [2.45, 2.75) is 38.3 Å². The average Bonchev–Trinajstić information content (AvgIpc) is 2.69. The third-order valence-electron chi connectivity index (χ3n) is 3.37. The van der Waals surface area contributed by atoms with Gasteiger partial charge in [-0.15, -0.1) is 0 Å². The summed E-state index contributed by atoms with van der Waals surface area (Å²) in [4.78, 5) is 36.5. The summed E-state index contributed by atoms with van der Waals surface area (Å²) in [5, 5.41) is 5.22. The first-order valence-corrected chi connectivity index (χ1v) is 7.17. The number of carbonyl (C=O) groups is 3. The second-order valence-electron chi connectivity index (χ2n) is 6.28. The van der Waals surface area contributed by atoms with Gasteiger partial charge in [0.2, 0.25) is 0 Å². The van der Waals surface area contributed by atoms with E-state index in [9.17, 15) is 14.4 Å². The second-order valence-corrected chi connectivity index (χ2v) is 6.28. The maximum absolute atomic E-state index is 12.5. The number of benzene rings is 1. The van der Waals surface area contributed by atoms with E-state index in [0.29, 0.717) is 11.3 Å². The largest absolute Gasteiger partial charge is 0.469 e. The van der Waals surface area contributed by atoms with Gasteiger partial charge in [-0.1, -0.05) is 18.2 Å². The van der Waals surface area contributed by atoms with Crippen molar-refractivity contribution >= 4 is 23.7 Å². The van der Waals surface area contributed by atoms with Gasteiger partial charge in [-0.25, -0.2) is 4.79 Å². The van der Waals surface area contributed by atoms with Crippen molar-refractivity contribution in [2.24, 2.45) is 0 Å². The molecule has 0 saturated carbocycles. The first-order chi connectivity index (χ1) is 10.7. The third-order valence-corrected chi connectivity index (χ3v) is 3.37. The Morgan fingerprint density at radius 2 is 1.91 bits per heavy atom. The minimum atomic E-state index is -1.55. The molecular formula is C16H20N2O5. The molecule has 1 aromatic carbocycles. The highest BCUT2D eigenvalue weighted by Gasteiger charge is 2.50. The molecule has 2 rings (SSSR count). The Morgan fingerprint density at radius 1 is 1.26 bits per heavy atom.